The second kappa shape index (κ2) is 5.44. The van der Waals surface area contributed by atoms with E-state index in [9.17, 15) is 9.59 Å². The Kier molecular flexibility index (Phi) is 3.62. The van der Waals surface area contributed by atoms with Crippen molar-refractivity contribution in [2.24, 2.45) is 13.0 Å². The molecule has 1 atom stereocenters. The van der Waals surface area contributed by atoms with Crippen LogP contribution in [0.15, 0.2) is 6.33 Å². The molecule has 1 N–H and O–H groups in total. The molecule has 0 bridgehead atoms. The van der Waals surface area contributed by atoms with Crippen molar-refractivity contribution in [2.45, 2.75) is 19.0 Å². The standard InChI is InChI=1S/C13H20N6O2/c1-17-6-10(7-17)19-5-9(3-12(19)20)13(21)14-4-11-15-8-18(2)16-11/h8-10H,3-7H2,1-2H3,(H,14,21). The highest BCUT2D eigenvalue weighted by Crippen LogP contribution is 2.24. The van der Waals surface area contributed by atoms with E-state index in [0.717, 1.165) is 13.1 Å². The number of aryl methyl sites for hydroxylation is 1. The van der Waals surface area contributed by atoms with Crippen LogP contribution in [-0.2, 0) is 23.2 Å². The maximum Gasteiger partial charge on any atom is 0.225 e. The molecule has 1 unspecified atom stereocenters. The molecule has 0 radical (unpaired) electrons. The van der Waals surface area contributed by atoms with E-state index < -0.39 is 0 Å². The average molecular weight is 292 g/mol. The Hall–Kier alpha value is -1.96. The van der Waals surface area contributed by atoms with Gasteiger partial charge in [-0.15, -0.1) is 0 Å². The van der Waals surface area contributed by atoms with Gasteiger partial charge in [0.15, 0.2) is 5.82 Å². The van der Waals surface area contributed by atoms with Gasteiger partial charge in [-0.1, -0.05) is 0 Å². The molecule has 0 aromatic carbocycles. The third kappa shape index (κ3) is 2.90. The van der Waals surface area contributed by atoms with Gasteiger partial charge < -0.3 is 15.1 Å². The number of rotatable bonds is 4. The number of carbonyl (C=O) groups excluding carboxylic acids is 2. The molecule has 0 saturated carbocycles. The van der Waals surface area contributed by atoms with Crippen LogP contribution >= 0.6 is 0 Å². The molecule has 2 aliphatic rings. The number of likely N-dealkylation sites (N-methyl/N-ethyl adjacent to an activating group) is 1. The Morgan fingerprint density at radius 2 is 2.14 bits per heavy atom. The Labute approximate surface area is 123 Å². The van der Waals surface area contributed by atoms with Gasteiger partial charge in [-0.3, -0.25) is 14.3 Å². The minimum Gasteiger partial charge on any atom is -0.348 e. The summed E-state index contributed by atoms with van der Waals surface area (Å²) in [5.41, 5.74) is 0. The van der Waals surface area contributed by atoms with E-state index in [1.54, 1.807) is 18.1 Å². The maximum absolute atomic E-state index is 12.1. The molecule has 1 aromatic rings. The molecule has 2 saturated heterocycles. The molecule has 2 amide bonds. The number of aromatic nitrogens is 3. The van der Waals surface area contributed by atoms with Gasteiger partial charge in [0.1, 0.15) is 6.33 Å². The summed E-state index contributed by atoms with van der Waals surface area (Å²) >= 11 is 0. The molecule has 8 nitrogen and oxygen atoms in total. The maximum atomic E-state index is 12.1. The van der Waals surface area contributed by atoms with Crippen LogP contribution < -0.4 is 5.32 Å². The second-order valence-electron chi connectivity index (χ2n) is 5.87. The van der Waals surface area contributed by atoms with Gasteiger partial charge in [-0.05, 0) is 7.05 Å². The fraction of sp³-hybridized carbons (Fsp3) is 0.692. The van der Waals surface area contributed by atoms with Crippen molar-refractivity contribution < 1.29 is 9.59 Å². The number of nitrogens with zero attached hydrogens (tertiary/aromatic N) is 5. The first-order chi connectivity index (χ1) is 10.0. The second-order valence-corrected chi connectivity index (χ2v) is 5.87. The van der Waals surface area contributed by atoms with Crippen molar-refractivity contribution >= 4 is 11.8 Å². The lowest BCUT2D eigenvalue weighted by Crippen LogP contribution is -2.58. The lowest BCUT2D eigenvalue weighted by atomic mass is 10.1. The van der Waals surface area contributed by atoms with E-state index in [2.05, 4.69) is 20.3 Å². The lowest BCUT2D eigenvalue weighted by Gasteiger charge is -2.42. The molecule has 3 rings (SSSR count). The average Bonchev–Trinajstić information content (AvgIpc) is 2.99. The number of carbonyl (C=O) groups is 2. The summed E-state index contributed by atoms with van der Waals surface area (Å²) in [7, 11) is 3.81. The van der Waals surface area contributed by atoms with Crippen molar-refractivity contribution in [1.82, 2.24) is 29.9 Å². The molecule has 21 heavy (non-hydrogen) atoms. The van der Waals surface area contributed by atoms with E-state index in [-0.39, 0.29) is 23.8 Å². The van der Waals surface area contributed by atoms with E-state index in [0.29, 0.717) is 25.3 Å². The van der Waals surface area contributed by atoms with Gasteiger partial charge in [0.05, 0.1) is 18.5 Å². The summed E-state index contributed by atoms with van der Waals surface area (Å²) in [6.45, 7) is 2.63. The summed E-state index contributed by atoms with van der Waals surface area (Å²) < 4.78 is 1.59. The largest absolute Gasteiger partial charge is 0.348 e. The van der Waals surface area contributed by atoms with Crippen LogP contribution in [0.5, 0.6) is 0 Å². The molecule has 2 aliphatic heterocycles. The van der Waals surface area contributed by atoms with Crippen LogP contribution in [0.3, 0.4) is 0 Å². The normalized spacial score (nSPS) is 23.4. The van der Waals surface area contributed by atoms with E-state index in [1.165, 1.54) is 0 Å². The van der Waals surface area contributed by atoms with Gasteiger partial charge in [0.25, 0.3) is 0 Å². The number of nitrogens with one attached hydrogen (secondary N) is 1. The first-order valence-electron chi connectivity index (χ1n) is 7.13. The van der Waals surface area contributed by atoms with Crippen molar-refractivity contribution in [3.05, 3.63) is 12.2 Å². The number of likely N-dealkylation sites (tertiary alicyclic amines) is 2. The smallest absolute Gasteiger partial charge is 0.225 e. The summed E-state index contributed by atoms with van der Waals surface area (Å²) in [4.78, 5) is 32.2. The predicted molar refractivity (Wildman–Crippen MR) is 74.0 cm³/mol. The van der Waals surface area contributed by atoms with E-state index in [1.807, 2.05) is 11.9 Å². The highest BCUT2D eigenvalue weighted by Gasteiger charge is 2.41. The van der Waals surface area contributed by atoms with E-state index >= 15 is 0 Å². The molecule has 0 aliphatic carbocycles. The fourth-order valence-electron chi connectivity index (χ4n) is 2.90. The van der Waals surface area contributed by atoms with Gasteiger partial charge in [-0.25, -0.2) is 4.98 Å². The number of amides is 2. The topological polar surface area (TPSA) is 83.4 Å². The molecule has 1 aromatic heterocycles. The van der Waals surface area contributed by atoms with Gasteiger partial charge >= 0.3 is 0 Å². The zero-order valence-electron chi connectivity index (χ0n) is 12.3. The summed E-state index contributed by atoms with van der Waals surface area (Å²) in [6, 6.07) is 0.276. The molecule has 2 fully saturated rings. The van der Waals surface area contributed by atoms with Crippen molar-refractivity contribution in [1.29, 1.82) is 0 Å². The van der Waals surface area contributed by atoms with E-state index in [4.69, 9.17) is 0 Å². The zero-order valence-corrected chi connectivity index (χ0v) is 12.3. The monoisotopic (exact) mass is 292 g/mol. The Balaban J connectivity index is 1.50. The molecular formula is C13H20N6O2. The first kappa shape index (κ1) is 14.0. The quantitative estimate of drug-likeness (QED) is 0.737. The SMILES string of the molecule is CN1CC(N2CC(C(=O)NCc3ncn(C)n3)CC2=O)C1. The fourth-order valence-corrected chi connectivity index (χ4v) is 2.90. The highest BCUT2D eigenvalue weighted by atomic mass is 16.2. The highest BCUT2D eigenvalue weighted by molar-refractivity contribution is 5.89. The molecule has 0 spiro atoms. The Bertz CT molecular complexity index is 551. The Morgan fingerprint density at radius 3 is 2.76 bits per heavy atom. The molecular weight excluding hydrogens is 272 g/mol. The van der Waals surface area contributed by atoms with Crippen LogP contribution in [0.4, 0.5) is 0 Å². The third-order valence-corrected chi connectivity index (χ3v) is 4.08. The number of hydrogen-bond acceptors (Lipinski definition) is 5. The van der Waals surface area contributed by atoms with Crippen LogP contribution in [-0.4, -0.2) is 69.1 Å². The minimum atomic E-state index is -0.257. The van der Waals surface area contributed by atoms with Crippen LogP contribution in [0.2, 0.25) is 0 Å². The first-order valence-corrected chi connectivity index (χ1v) is 7.13. The molecule has 114 valence electrons. The predicted octanol–water partition coefficient (Wildman–Crippen LogP) is -1.41. The van der Waals surface area contributed by atoms with Crippen LogP contribution in [0.1, 0.15) is 12.2 Å². The number of hydrogen-bond donors (Lipinski definition) is 1. The molecule has 8 heteroatoms. The van der Waals surface area contributed by atoms with Gasteiger partial charge in [0.2, 0.25) is 11.8 Å². The van der Waals surface area contributed by atoms with Gasteiger partial charge in [-0.2, -0.15) is 5.10 Å². The minimum absolute atomic E-state index is 0.0872. The van der Waals surface area contributed by atoms with Gasteiger partial charge in [0, 0.05) is 33.1 Å². The zero-order chi connectivity index (χ0) is 15.0. The lowest BCUT2D eigenvalue weighted by molar-refractivity contribution is -0.132. The van der Waals surface area contributed by atoms with Crippen LogP contribution in [0, 0.1) is 5.92 Å². The summed E-state index contributed by atoms with van der Waals surface area (Å²) in [5.74, 6) is 0.315. The summed E-state index contributed by atoms with van der Waals surface area (Å²) in [6.07, 6.45) is 1.90. The van der Waals surface area contributed by atoms with Crippen molar-refractivity contribution in [3.63, 3.8) is 0 Å². The van der Waals surface area contributed by atoms with Crippen molar-refractivity contribution in [3.8, 4) is 0 Å². The van der Waals surface area contributed by atoms with Crippen LogP contribution in [0.25, 0.3) is 0 Å². The van der Waals surface area contributed by atoms with Crippen molar-refractivity contribution in [2.75, 3.05) is 26.7 Å². The third-order valence-electron chi connectivity index (χ3n) is 4.08. The Morgan fingerprint density at radius 1 is 1.38 bits per heavy atom. The molecule has 3 heterocycles. The summed E-state index contributed by atoms with van der Waals surface area (Å²) in [5, 5.41) is 6.92.